The van der Waals surface area contributed by atoms with Crippen molar-refractivity contribution in [3.8, 4) is 0 Å². The molecular weight excluding hydrogens is 586 g/mol. The third-order valence-corrected chi connectivity index (χ3v) is 5.81. The molecule has 2 fully saturated rings. The Morgan fingerprint density at radius 2 is 1.09 bits per heavy atom. The largest absolute Gasteiger partial charge is 0.463 e. The number of carbonyl (C=O) groups is 6. The van der Waals surface area contributed by atoms with E-state index in [2.05, 4.69) is 10.0 Å². The van der Waals surface area contributed by atoms with Crippen LogP contribution in [0.25, 0.3) is 10.4 Å². The Morgan fingerprint density at radius 1 is 0.651 bits per heavy atom. The molecule has 0 spiro atoms. The maximum absolute atomic E-state index is 12.1. The van der Waals surface area contributed by atoms with Gasteiger partial charge >= 0.3 is 35.8 Å². The van der Waals surface area contributed by atoms with Crippen molar-refractivity contribution in [3.05, 3.63) is 10.4 Å². The molecule has 2 aliphatic rings. The standard InChI is InChI=1S/C24H33N3O16/c1-9(28)35-7-15-18(20(38-12(4)31)17(26-27-25)23(34)41-15)43-24-22(40-14(6)33)21(39-13(5)32)19(37-11(3)30)16(42-24)8-36-10(2)29/h15-24,34H,7-8H2,1-6H3/t15?,16?,17?,18-,19-,20-,21+,22?,23?,24+/m1/s1. The molecule has 19 heteroatoms. The van der Waals surface area contributed by atoms with Crippen LogP contribution < -0.4 is 0 Å². The molecule has 0 radical (unpaired) electrons. The first kappa shape index (κ1) is 35.2. The van der Waals surface area contributed by atoms with Crippen molar-refractivity contribution in [1.82, 2.24) is 0 Å². The fourth-order valence-corrected chi connectivity index (χ4v) is 4.37. The Hall–Kier alpha value is -4.03. The number of aliphatic hydroxyl groups is 1. The average molecular weight is 620 g/mol. The van der Waals surface area contributed by atoms with E-state index >= 15 is 0 Å². The maximum Gasteiger partial charge on any atom is 0.303 e. The molecule has 2 aliphatic heterocycles. The minimum Gasteiger partial charge on any atom is -0.463 e. The van der Waals surface area contributed by atoms with Gasteiger partial charge in [-0.15, -0.1) is 0 Å². The SMILES string of the molecule is CC(=O)OCC1OC(O)C(N=[N+]=[N-])[C@@H](OC(C)=O)[C@@H]1O[C@@H]1OC(COC(C)=O)[C@@H](OC(C)=O)[C@H](OC(C)=O)C1OC(C)=O. The lowest BCUT2D eigenvalue weighted by Crippen LogP contribution is -2.66. The van der Waals surface area contributed by atoms with Gasteiger partial charge in [0.1, 0.15) is 43.7 Å². The molecule has 0 aliphatic carbocycles. The van der Waals surface area contributed by atoms with Gasteiger partial charge in [0.2, 0.25) is 0 Å². The quantitative estimate of drug-likeness (QED) is 0.0990. The number of azide groups is 1. The normalized spacial score (nSPS) is 31.8. The molecule has 0 aromatic rings. The highest BCUT2D eigenvalue weighted by Crippen LogP contribution is 2.34. The molecule has 43 heavy (non-hydrogen) atoms. The average Bonchev–Trinajstić information content (AvgIpc) is 2.87. The van der Waals surface area contributed by atoms with Gasteiger partial charge in [-0.1, -0.05) is 5.11 Å². The molecule has 0 amide bonds. The van der Waals surface area contributed by atoms with Crippen molar-refractivity contribution in [1.29, 1.82) is 0 Å². The van der Waals surface area contributed by atoms with Gasteiger partial charge in [-0.3, -0.25) is 28.8 Å². The van der Waals surface area contributed by atoms with Gasteiger partial charge in [0.05, 0.1) is 0 Å². The van der Waals surface area contributed by atoms with Crippen molar-refractivity contribution >= 4 is 35.8 Å². The van der Waals surface area contributed by atoms with E-state index in [1.54, 1.807) is 0 Å². The Morgan fingerprint density at radius 3 is 1.56 bits per heavy atom. The van der Waals surface area contributed by atoms with Crippen molar-refractivity contribution in [2.24, 2.45) is 5.11 Å². The van der Waals surface area contributed by atoms with E-state index in [0.29, 0.717) is 0 Å². The lowest BCUT2D eigenvalue weighted by atomic mass is 9.95. The zero-order chi connectivity index (χ0) is 32.4. The first-order chi connectivity index (χ1) is 20.1. The molecule has 19 nitrogen and oxygen atoms in total. The molecule has 5 unspecified atom stereocenters. The van der Waals surface area contributed by atoms with Crippen LogP contribution in [0.1, 0.15) is 41.5 Å². The molecule has 2 heterocycles. The van der Waals surface area contributed by atoms with Gasteiger partial charge in [0.15, 0.2) is 30.9 Å². The van der Waals surface area contributed by atoms with Crippen LogP contribution in [0, 0.1) is 0 Å². The second-order valence-corrected chi connectivity index (χ2v) is 9.31. The molecule has 240 valence electrons. The number of nitrogens with zero attached hydrogens (tertiary/aromatic N) is 3. The molecule has 1 N–H and O–H groups in total. The molecule has 2 rings (SSSR count). The number of hydrogen-bond donors (Lipinski definition) is 1. The fourth-order valence-electron chi connectivity index (χ4n) is 4.37. The molecule has 10 atom stereocenters. The summed E-state index contributed by atoms with van der Waals surface area (Å²) in [6.07, 6.45) is -14.4. The van der Waals surface area contributed by atoms with Crippen LogP contribution in [0.15, 0.2) is 5.11 Å². The summed E-state index contributed by atoms with van der Waals surface area (Å²) >= 11 is 0. The fraction of sp³-hybridized carbons (Fsp3) is 0.750. The first-order valence-corrected chi connectivity index (χ1v) is 12.8. The minimum absolute atomic E-state index is 0.566. The van der Waals surface area contributed by atoms with E-state index in [1.165, 1.54) is 0 Å². The lowest BCUT2D eigenvalue weighted by molar-refractivity contribution is -0.346. The Balaban J connectivity index is 2.66. The number of ether oxygens (including phenoxy) is 9. The smallest absolute Gasteiger partial charge is 0.303 e. The van der Waals surface area contributed by atoms with Crippen molar-refractivity contribution < 1.29 is 76.5 Å². The summed E-state index contributed by atoms with van der Waals surface area (Å²) in [5.74, 6) is -5.09. The van der Waals surface area contributed by atoms with E-state index in [9.17, 15) is 33.9 Å². The van der Waals surface area contributed by atoms with Gasteiger partial charge in [-0.2, -0.15) is 0 Å². The molecule has 0 saturated carbocycles. The number of esters is 6. The van der Waals surface area contributed by atoms with E-state index in [1.807, 2.05) is 0 Å². The predicted molar refractivity (Wildman–Crippen MR) is 133 cm³/mol. The second-order valence-electron chi connectivity index (χ2n) is 9.31. The molecule has 0 bridgehead atoms. The van der Waals surface area contributed by atoms with E-state index in [4.69, 9.17) is 48.2 Å². The Bertz CT molecular complexity index is 1110. The van der Waals surface area contributed by atoms with Gasteiger partial charge in [-0.25, -0.2) is 0 Å². The molecule has 0 aromatic carbocycles. The Labute approximate surface area is 244 Å². The van der Waals surface area contributed by atoms with E-state index < -0.39 is 110 Å². The summed E-state index contributed by atoms with van der Waals surface area (Å²) in [5.41, 5.74) is 9.06. The monoisotopic (exact) mass is 619 g/mol. The van der Waals surface area contributed by atoms with E-state index in [-0.39, 0.29) is 0 Å². The highest BCUT2D eigenvalue weighted by Gasteiger charge is 2.56. The van der Waals surface area contributed by atoms with Crippen molar-refractivity contribution in [2.75, 3.05) is 13.2 Å². The van der Waals surface area contributed by atoms with Crippen LogP contribution in [-0.4, -0.2) is 115 Å². The van der Waals surface area contributed by atoms with Gasteiger partial charge in [-0.05, 0) is 5.53 Å². The van der Waals surface area contributed by atoms with Gasteiger partial charge < -0.3 is 47.7 Å². The molecule has 0 aromatic heterocycles. The third-order valence-electron chi connectivity index (χ3n) is 5.81. The maximum atomic E-state index is 12.1. The highest BCUT2D eigenvalue weighted by molar-refractivity contribution is 5.69. The number of hydrogen-bond acceptors (Lipinski definition) is 17. The topological polar surface area (TPSA) is 254 Å². The highest BCUT2D eigenvalue weighted by atomic mass is 16.8. The second kappa shape index (κ2) is 16.0. The van der Waals surface area contributed by atoms with Crippen LogP contribution in [-0.2, 0) is 71.4 Å². The number of carbonyl (C=O) groups excluding carboxylic acids is 6. The van der Waals surface area contributed by atoms with Crippen LogP contribution >= 0.6 is 0 Å². The van der Waals surface area contributed by atoms with Crippen molar-refractivity contribution in [2.45, 2.75) is 103 Å². The van der Waals surface area contributed by atoms with Crippen LogP contribution in [0.2, 0.25) is 0 Å². The summed E-state index contributed by atoms with van der Waals surface area (Å²) in [4.78, 5) is 74.0. The zero-order valence-corrected chi connectivity index (χ0v) is 24.1. The summed E-state index contributed by atoms with van der Waals surface area (Å²) < 4.78 is 48.8. The zero-order valence-electron chi connectivity index (χ0n) is 24.1. The summed E-state index contributed by atoms with van der Waals surface area (Å²) in [6, 6.07) is -1.60. The van der Waals surface area contributed by atoms with E-state index in [0.717, 1.165) is 41.5 Å². The summed E-state index contributed by atoms with van der Waals surface area (Å²) in [7, 11) is 0. The number of rotatable bonds is 11. The van der Waals surface area contributed by atoms with Crippen LogP contribution in [0.4, 0.5) is 0 Å². The lowest BCUT2D eigenvalue weighted by Gasteiger charge is -2.48. The first-order valence-electron chi connectivity index (χ1n) is 12.8. The van der Waals surface area contributed by atoms with Crippen LogP contribution in [0.5, 0.6) is 0 Å². The number of aliphatic hydroxyl groups excluding tert-OH is 1. The van der Waals surface area contributed by atoms with Gasteiger partial charge in [0.25, 0.3) is 0 Å². The van der Waals surface area contributed by atoms with Gasteiger partial charge in [0, 0.05) is 46.5 Å². The molecule has 2 saturated heterocycles. The van der Waals surface area contributed by atoms with Crippen molar-refractivity contribution in [3.63, 3.8) is 0 Å². The Kier molecular flexibility index (Phi) is 13.1. The molecular formula is C24H33N3O16. The third kappa shape index (κ3) is 10.3. The van der Waals surface area contributed by atoms with Crippen LogP contribution in [0.3, 0.4) is 0 Å². The summed E-state index contributed by atoms with van der Waals surface area (Å²) in [6.45, 7) is 5.12. The summed E-state index contributed by atoms with van der Waals surface area (Å²) in [5, 5.41) is 13.9. The predicted octanol–water partition coefficient (Wildman–Crippen LogP) is -0.654. The minimum atomic E-state index is -1.86.